The molecule has 0 aliphatic carbocycles. The number of rotatable bonds is 4. The van der Waals surface area contributed by atoms with Crippen LogP contribution in [-0.2, 0) is 0 Å². The van der Waals surface area contributed by atoms with Gasteiger partial charge in [0, 0.05) is 5.57 Å². The van der Waals surface area contributed by atoms with Gasteiger partial charge < -0.3 is 0 Å². The van der Waals surface area contributed by atoms with Crippen LogP contribution in [0.3, 0.4) is 0 Å². The molecule has 20 heavy (non-hydrogen) atoms. The van der Waals surface area contributed by atoms with Crippen molar-refractivity contribution >= 4 is 28.1 Å². The Morgan fingerprint density at radius 2 is 1.65 bits per heavy atom. The highest BCUT2D eigenvalue weighted by atomic mass is 32.2. The third-order valence-corrected chi connectivity index (χ3v) is 3.53. The van der Waals surface area contributed by atoms with Crippen LogP contribution in [0.15, 0.2) is 72.2 Å². The van der Waals surface area contributed by atoms with Crippen molar-refractivity contribution in [1.29, 1.82) is 5.26 Å². The van der Waals surface area contributed by atoms with Crippen molar-refractivity contribution in [3.8, 4) is 6.07 Å². The predicted molar refractivity (Wildman–Crippen MR) is 87.1 cm³/mol. The van der Waals surface area contributed by atoms with Gasteiger partial charge in [-0.05, 0) is 17.7 Å². The molecular formula is C17H14N2S. The average molecular weight is 278 g/mol. The monoisotopic (exact) mass is 278 g/mol. The summed E-state index contributed by atoms with van der Waals surface area (Å²) in [6, 6.07) is 21.7. The van der Waals surface area contributed by atoms with Crippen molar-refractivity contribution in [2.24, 2.45) is 4.99 Å². The summed E-state index contributed by atoms with van der Waals surface area (Å²) in [5.41, 5.74) is 2.73. The lowest BCUT2D eigenvalue weighted by Gasteiger charge is -2.08. The molecule has 0 heterocycles. The second kappa shape index (κ2) is 7.32. The molecule has 2 aromatic rings. The molecule has 2 rings (SSSR count). The average Bonchev–Trinajstić information content (AvgIpc) is 2.52. The molecule has 0 aliphatic heterocycles. The first-order valence-corrected chi connectivity index (χ1v) is 7.18. The molecule has 0 atom stereocenters. The Morgan fingerprint density at radius 1 is 1.05 bits per heavy atom. The molecule has 0 unspecified atom stereocenters. The van der Waals surface area contributed by atoms with Crippen molar-refractivity contribution in [3.63, 3.8) is 0 Å². The van der Waals surface area contributed by atoms with Gasteiger partial charge in [-0.15, -0.1) is 0 Å². The van der Waals surface area contributed by atoms with Gasteiger partial charge in [-0.25, -0.2) is 4.99 Å². The normalized spacial score (nSPS) is 10.8. The van der Waals surface area contributed by atoms with Gasteiger partial charge in [0.2, 0.25) is 0 Å². The molecule has 0 N–H and O–H groups in total. The topological polar surface area (TPSA) is 36.1 Å². The fraction of sp³-hybridized carbons (Fsp3) is 0.0588. The minimum atomic E-state index is 0.359. The molecule has 0 radical (unpaired) electrons. The van der Waals surface area contributed by atoms with E-state index in [1.807, 2.05) is 60.7 Å². The van der Waals surface area contributed by atoms with Crippen LogP contribution >= 0.6 is 11.8 Å². The third kappa shape index (κ3) is 3.84. The van der Waals surface area contributed by atoms with E-state index in [9.17, 15) is 0 Å². The number of hydrogen-bond acceptors (Lipinski definition) is 3. The molecule has 0 saturated heterocycles. The second-order valence-electron chi connectivity index (χ2n) is 4.04. The maximum Gasteiger partial charge on any atom is 0.105 e. The Kier molecular flexibility index (Phi) is 5.16. The zero-order valence-electron chi connectivity index (χ0n) is 11.0. The van der Waals surface area contributed by atoms with Gasteiger partial charge in [0.05, 0.1) is 17.5 Å². The summed E-state index contributed by atoms with van der Waals surface area (Å²) in [5, 5.41) is 9.56. The van der Waals surface area contributed by atoms with Crippen molar-refractivity contribution in [3.05, 3.63) is 72.8 Å². The van der Waals surface area contributed by atoms with E-state index in [4.69, 9.17) is 5.26 Å². The van der Waals surface area contributed by atoms with Crippen molar-refractivity contribution in [2.45, 2.75) is 0 Å². The van der Waals surface area contributed by atoms with Gasteiger partial charge in [-0.3, -0.25) is 0 Å². The van der Waals surface area contributed by atoms with E-state index in [2.05, 4.69) is 17.6 Å². The van der Waals surface area contributed by atoms with Gasteiger partial charge in [0.15, 0.2) is 0 Å². The number of para-hydroxylation sites is 1. The van der Waals surface area contributed by atoms with Gasteiger partial charge in [0.1, 0.15) is 5.04 Å². The van der Waals surface area contributed by atoms with E-state index >= 15 is 0 Å². The molecule has 0 amide bonds. The van der Waals surface area contributed by atoms with E-state index < -0.39 is 0 Å². The Balaban J connectivity index is 2.31. The molecular weight excluding hydrogens is 264 g/mol. The van der Waals surface area contributed by atoms with Crippen LogP contribution in [0.5, 0.6) is 0 Å². The zero-order valence-corrected chi connectivity index (χ0v) is 11.8. The Morgan fingerprint density at radius 3 is 2.25 bits per heavy atom. The lowest BCUT2D eigenvalue weighted by Crippen LogP contribution is -1.97. The predicted octanol–water partition coefficient (Wildman–Crippen LogP) is 4.69. The minimum Gasteiger partial charge on any atom is -0.241 e. The fourth-order valence-electron chi connectivity index (χ4n) is 1.67. The van der Waals surface area contributed by atoms with E-state index in [0.717, 1.165) is 21.9 Å². The molecule has 0 saturated carbocycles. The molecule has 0 fully saturated rings. The highest BCUT2D eigenvalue weighted by molar-refractivity contribution is 8.15. The Labute approximate surface area is 123 Å². The maximum atomic E-state index is 8.78. The number of hydrogen-bond donors (Lipinski definition) is 0. The molecule has 2 nitrogen and oxygen atoms in total. The summed E-state index contributed by atoms with van der Waals surface area (Å²) in [6.07, 6.45) is 0. The maximum absolute atomic E-state index is 8.78. The third-order valence-electron chi connectivity index (χ3n) is 2.64. The summed E-state index contributed by atoms with van der Waals surface area (Å²) >= 11 is 1.41. The summed E-state index contributed by atoms with van der Waals surface area (Å²) in [5.74, 6) is 0.359. The summed E-state index contributed by atoms with van der Waals surface area (Å²) in [4.78, 5) is 4.60. The molecule has 0 aromatic heterocycles. The lowest BCUT2D eigenvalue weighted by molar-refractivity contribution is 1.50. The van der Waals surface area contributed by atoms with Crippen LogP contribution in [0, 0.1) is 11.3 Å². The SMILES string of the molecule is C=C(C(=Nc1ccccc1)SCC#N)c1ccccc1. The highest BCUT2D eigenvalue weighted by Crippen LogP contribution is 2.24. The van der Waals surface area contributed by atoms with Crippen LogP contribution in [0.1, 0.15) is 5.56 Å². The first-order valence-electron chi connectivity index (χ1n) is 6.19. The number of nitrogens with zero attached hydrogens (tertiary/aromatic N) is 2. The number of nitriles is 1. The fourth-order valence-corrected chi connectivity index (χ4v) is 2.33. The Hall–Kier alpha value is -2.31. The number of benzene rings is 2. The van der Waals surface area contributed by atoms with Crippen LogP contribution < -0.4 is 0 Å². The first kappa shape index (κ1) is 14.1. The zero-order chi connectivity index (χ0) is 14.2. The van der Waals surface area contributed by atoms with E-state index in [-0.39, 0.29) is 0 Å². The summed E-state index contributed by atoms with van der Waals surface area (Å²) < 4.78 is 0. The van der Waals surface area contributed by atoms with E-state index in [1.165, 1.54) is 11.8 Å². The minimum absolute atomic E-state index is 0.359. The van der Waals surface area contributed by atoms with E-state index in [0.29, 0.717) is 5.75 Å². The number of thioether (sulfide) groups is 1. The van der Waals surface area contributed by atoms with Gasteiger partial charge in [-0.1, -0.05) is 66.9 Å². The second-order valence-corrected chi connectivity index (χ2v) is 5.01. The molecule has 0 aliphatic rings. The molecule has 98 valence electrons. The lowest BCUT2D eigenvalue weighted by atomic mass is 10.1. The van der Waals surface area contributed by atoms with Gasteiger partial charge in [-0.2, -0.15) is 5.26 Å². The summed E-state index contributed by atoms with van der Waals surface area (Å²) in [7, 11) is 0. The van der Waals surface area contributed by atoms with E-state index in [1.54, 1.807) is 0 Å². The van der Waals surface area contributed by atoms with Crippen LogP contribution in [0.2, 0.25) is 0 Å². The largest absolute Gasteiger partial charge is 0.241 e. The first-order chi connectivity index (χ1) is 9.81. The standard InChI is InChI=1S/C17H14N2S/c1-14(15-8-4-2-5-9-15)17(20-13-12-18)19-16-10-6-3-7-11-16/h2-11H,1,13H2. The molecule has 0 spiro atoms. The molecule has 3 heteroatoms. The van der Waals surface area contributed by atoms with Crippen LogP contribution in [0.4, 0.5) is 5.69 Å². The highest BCUT2D eigenvalue weighted by Gasteiger charge is 2.08. The van der Waals surface area contributed by atoms with Crippen molar-refractivity contribution in [2.75, 3.05) is 5.75 Å². The quantitative estimate of drug-likeness (QED) is 0.601. The number of aliphatic imine (C=N–C) groups is 1. The Bertz CT molecular complexity index is 640. The van der Waals surface area contributed by atoms with Crippen molar-refractivity contribution in [1.82, 2.24) is 0 Å². The van der Waals surface area contributed by atoms with Gasteiger partial charge >= 0.3 is 0 Å². The van der Waals surface area contributed by atoms with Crippen LogP contribution in [0.25, 0.3) is 5.57 Å². The summed E-state index contributed by atoms with van der Waals surface area (Å²) in [6.45, 7) is 4.11. The smallest absolute Gasteiger partial charge is 0.105 e. The van der Waals surface area contributed by atoms with Crippen molar-refractivity contribution < 1.29 is 0 Å². The molecule has 2 aromatic carbocycles. The van der Waals surface area contributed by atoms with Crippen LogP contribution in [-0.4, -0.2) is 10.8 Å². The van der Waals surface area contributed by atoms with Gasteiger partial charge in [0.25, 0.3) is 0 Å². The molecule has 0 bridgehead atoms.